The number of hydrogen-bond donors (Lipinski definition) is 1. The molecule has 5 heteroatoms. The molecule has 4 nitrogen and oxygen atoms in total. The van der Waals surface area contributed by atoms with E-state index in [1.54, 1.807) is 0 Å². The van der Waals surface area contributed by atoms with Crippen molar-refractivity contribution in [3.63, 3.8) is 0 Å². The van der Waals surface area contributed by atoms with Gasteiger partial charge in [0, 0.05) is 27.9 Å². The Morgan fingerprint density at radius 1 is 1.04 bits per heavy atom. The zero-order chi connectivity index (χ0) is 17.1. The molecule has 24 heavy (non-hydrogen) atoms. The standard InChI is InChI=1S/C19H21BrN2O2/c1-3-22(4-2)9-10-24-14-6-8-16-18(12-14)21-17-11-13(20)5-7-15(17)19(16)23/h5-8,11-12H,3-4,9-10H2,1-2H3,(H,21,23). The number of H-pyrrole nitrogens is 1. The maximum Gasteiger partial charge on any atom is 0.197 e. The minimum absolute atomic E-state index is 0.0425. The highest BCUT2D eigenvalue weighted by Crippen LogP contribution is 2.22. The molecular weight excluding hydrogens is 368 g/mol. The minimum Gasteiger partial charge on any atom is -0.492 e. The Hall–Kier alpha value is -1.85. The number of rotatable bonds is 6. The van der Waals surface area contributed by atoms with Gasteiger partial charge in [0.05, 0.1) is 11.0 Å². The molecule has 0 unspecified atom stereocenters. The third kappa shape index (κ3) is 3.47. The fraction of sp³-hybridized carbons (Fsp3) is 0.316. The average molecular weight is 389 g/mol. The van der Waals surface area contributed by atoms with Crippen molar-refractivity contribution in [2.24, 2.45) is 0 Å². The van der Waals surface area contributed by atoms with E-state index in [-0.39, 0.29) is 5.43 Å². The highest BCUT2D eigenvalue weighted by Gasteiger charge is 2.07. The molecule has 1 N–H and O–H groups in total. The zero-order valence-corrected chi connectivity index (χ0v) is 15.5. The summed E-state index contributed by atoms with van der Waals surface area (Å²) in [5, 5.41) is 1.38. The van der Waals surface area contributed by atoms with Crippen molar-refractivity contribution in [2.45, 2.75) is 13.8 Å². The second-order valence-corrected chi connectivity index (χ2v) is 6.64. The summed E-state index contributed by atoms with van der Waals surface area (Å²) >= 11 is 3.45. The van der Waals surface area contributed by atoms with Gasteiger partial charge in [-0.1, -0.05) is 29.8 Å². The van der Waals surface area contributed by atoms with Crippen molar-refractivity contribution in [1.29, 1.82) is 0 Å². The predicted molar refractivity (Wildman–Crippen MR) is 103 cm³/mol. The van der Waals surface area contributed by atoms with Crippen LogP contribution in [0.3, 0.4) is 0 Å². The lowest BCUT2D eigenvalue weighted by molar-refractivity contribution is 0.223. The molecule has 1 heterocycles. The largest absolute Gasteiger partial charge is 0.492 e. The van der Waals surface area contributed by atoms with Crippen LogP contribution < -0.4 is 10.2 Å². The molecule has 2 aromatic carbocycles. The highest BCUT2D eigenvalue weighted by molar-refractivity contribution is 9.10. The quantitative estimate of drug-likeness (QED) is 0.644. The normalized spacial score (nSPS) is 11.5. The number of aromatic amines is 1. The lowest BCUT2D eigenvalue weighted by atomic mass is 10.1. The first-order valence-electron chi connectivity index (χ1n) is 8.22. The van der Waals surface area contributed by atoms with Gasteiger partial charge in [0.1, 0.15) is 12.4 Å². The number of hydrogen-bond acceptors (Lipinski definition) is 3. The van der Waals surface area contributed by atoms with Crippen molar-refractivity contribution in [3.8, 4) is 5.75 Å². The van der Waals surface area contributed by atoms with Crippen LogP contribution in [-0.2, 0) is 0 Å². The van der Waals surface area contributed by atoms with Crippen molar-refractivity contribution >= 4 is 37.7 Å². The number of nitrogens with zero attached hydrogens (tertiary/aromatic N) is 1. The monoisotopic (exact) mass is 388 g/mol. The van der Waals surface area contributed by atoms with Crippen molar-refractivity contribution < 1.29 is 4.74 Å². The summed E-state index contributed by atoms with van der Waals surface area (Å²) < 4.78 is 6.79. The van der Waals surface area contributed by atoms with E-state index in [1.807, 2.05) is 36.4 Å². The molecule has 0 atom stereocenters. The van der Waals surface area contributed by atoms with Crippen molar-refractivity contribution in [2.75, 3.05) is 26.2 Å². The molecule has 0 aliphatic rings. The lowest BCUT2D eigenvalue weighted by Crippen LogP contribution is -2.27. The molecule has 3 rings (SSSR count). The van der Waals surface area contributed by atoms with Crippen LogP contribution in [0.25, 0.3) is 21.8 Å². The highest BCUT2D eigenvalue weighted by atomic mass is 79.9. The molecule has 0 aliphatic heterocycles. The number of nitrogens with one attached hydrogen (secondary N) is 1. The Labute approximate surface area is 149 Å². The van der Waals surface area contributed by atoms with Crippen molar-refractivity contribution in [3.05, 3.63) is 51.1 Å². The number of likely N-dealkylation sites (N-methyl/N-ethyl adjacent to an activating group) is 1. The fourth-order valence-electron chi connectivity index (χ4n) is 2.86. The van der Waals surface area contributed by atoms with Crippen LogP contribution in [0.5, 0.6) is 5.75 Å². The van der Waals surface area contributed by atoms with Crippen LogP contribution in [0, 0.1) is 0 Å². The van der Waals surface area contributed by atoms with Gasteiger partial charge in [-0.05, 0) is 43.4 Å². The summed E-state index contributed by atoms with van der Waals surface area (Å²) in [6, 6.07) is 11.2. The summed E-state index contributed by atoms with van der Waals surface area (Å²) in [5.41, 5.74) is 1.66. The van der Waals surface area contributed by atoms with Gasteiger partial charge in [-0.25, -0.2) is 0 Å². The smallest absolute Gasteiger partial charge is 0.197 e. The maximum absolute atomic E-state index is 12.6. The van der Waals surface area contributed by atoms with Gasteiger partial charge in [0.15, 0.2) is 5.43 Å². The second kappa shape index (κ2) is 7.36. The Kier molecular flexibility index (Phi) is 5.21. The first-order valence-corrected chi connectivity index (χ1v) is 9.02. The van der Waals surface area contributed by atoms with Crippen molar-refractivity contribution in [1.82, 2.24) is 9.88 Å². The van der Waals surface area contributed by atoms with Crippen LogP contribution in [0.15, 0.2) is 45.7 Å². The van der Waals surface area contributed by atoms with Crippen LogP contribution >= 0.6 is 15.9 Å². The van der Waals surface area contributed by atoms with Gasteiger partial charge in [-0.15, -0.1) is 0 Å². The van der Waals surface area contributed by atoms with Crippen LogP contribution in [-0.4, -0.2) is 36.1 Å². The minimum atomic E-state index is 0.0425. The van der Waals surface area contributed by atoms with Gasteiger partial charge >= 0.3 is 0 Å². The van der Waals surface area contributed by atoms with Crippen LogP contribution in [0.1, 0.15) is 13.8 Å². The predicted octanol–water partition coefficient (Wildman–Crippen LogP) is 4.16. The van der Waals surface area contributed by atoms with Gasteiger partial charge in [0.2, 0.25) is 0 Å². The summed E-state index contributed by atoms with van der Waals surface area (Å²) in [7, 11) is 0. The number of fused-ring (bicyclic) bond motifs is 2. The SMILES string of the molecule is CCN(CC)CCOc1ccc2c(=O)c3ccc(Br)cc3[nH]c2c1. The lowest BCUT2D eigenvalue weighted by Gasteiger charge is -2.18. The molecule has 1 aromatic heterocycles. The molecule has 3 aromatic rings. The molecule has 0 radical (unpaired) electrons. The molecule has 0 saturated heterocycles. The molecule has 0 bridgehead atoms. The van der Waals surface area contributed by atoms with Crippen LogP contribution in [0.4, 0.5) is 0 Å². The van der Waals surface area contributed by atoms with E-state index >= 15 is 0 Å². The Morgan fingerprint density at radius 2 is 1.71 bits per heavy atom. The summed E-state index contributed by atoms with van der Waals surface area (Å²) in [5.74, 6) is 0.777. The molecule has 0 fully saturated rings. The van der Waals surface area contributed by atoms with Gasteiger partial charge in [-0.3, -0.25) is 4.79 Å². The van der Waals surface area contributed by atoms with Crippen LogP contribution in [0.2, 0.25) is 0 Å². The first kappa shape index (κ1) is 17.0. The number of halogens is 1. The molecule has 0 aliphatic carbocycles. The Bertz CT molecular complexity index is 916. The number of ether oxygens (including phenoxy) is 1. The topological polar surface area (TPSA) is 45.3 Å². The third-order valence-electron chi connectivity index (χ3n) is 4.30. The molecule has 0 amide bonds. The molecule has 0 spiro atoms. The Morgan fingerprint density at radius 3 is 2.42 bits per heavy atom. The number of benzene rings is 2. The van der Waals surface area contributed by atoms with Gasteiger partial charge in [-0.2, -0.15) is 0 Å². The maximum atomic E-state index is 12.6. The third-order valence-corrected chi connectivity index (χ3v) is 4.80. The summed E-state index contributed by atoms with van der Waals surface area (Å²) in [6.07, 6.45) is 0. The fourth-order valence-corrected chi connectivity index (χ4v) is 3.22. The van der Waals surface area contributed by atoms with Gasteiger partial charge in [0.25, 0.3) is 0 Å². The number of aromatic nitrogens is 1. The van der Waals surface area contributed by atoms with E-state index in [1.165, 1.54) is 0 Å². The molecular formula is C19H21BrN2O2. The Balaban J connectivity index is 1.90. The van der Waals surface area contributed by atoms with E-state index in [9.17, 15) is 4.79 Å². The van der Waals surface area contributed by atoms with E-state index in [0.717, 1.165) is 40.9 Å². The first-order chi connectivity index (χ1) is 11.6. The van der Waals surface area contributed by atoms with E-state index in [4.69, 9.17) is 4.74 Å². The van der Waals surface area contributed by atoms with E-state index < -0.39 is 0 Å². The molecule has 0 saturated carbocycles. The zero-order valence-electron chi connectivity index (χ0n) is 13.9. The molecule has 126 valence electrons. The van der Waals surface area contributed by atoms with E-state index in [0.29, 0.717) is 17.4 Å². The van der Waals surface area contributed by atoms with E-state index in [2.05, 4.69) is 39.7 Å². The summed E-state index contributed by atoms with van der Waals surface area (Å²) in [6.45, 7) is 7.86. The average Bonchev–Trinajstić information content (AvgIpc) is 2.58. The number of pyridine rings is 1. The summed E-state index contributed by atoms with van der Waals surface area (Å²) in [4.78, 5) is 18.3. The second-order valence-electron chi connectivity index (χ2n) is 5.73. The van der Waals surface area contributed by atoms with Gasteiger partial charge < -0.3 is 14.6 Å².